The standard InChI is InChI=1S/C15H31N3/c1-14(2)17-11-7-15(13-16,8-12-17)18-9-5-3-4-6-10-18/h14H,3-13,16H2,1-2H3. The second-order valence-electron chi connectivity index (χ2n) is 6.46. The lowest BCUT2D eigenvalue weighted by Crippen LogP contribution is -2.60. The van der Waals surface area contributed by atoms with Crippen LogP contribution in [0, 0.1) is 0 Å². The van der Waals surface area contributed by atoms with Crippen LogP contribution in [0.15, 0.2) is 0 Å². The molecule has 2 rings (SSSR count). The number of likely N-dealkylation sites (tertiary alicyclic amines) is 2. The lowest BCUT2D eigenvalue weighted by molar-refractivity contribution is 0.0199. The minimum Gasteiger partial charge on any atom is -0.329 e. The second-order valence-corrected chi connectivity index (χ2v) is 6.46. The van der Waals surface area contributed by atoms with Crippen LogP contribution in [0.25, 0.3) is 0 Å². The number of hydrogen-bond donors (Lipinski definition) is 1. The molecule has 0 aromatic rings. The van der Waals surface area contributed by atoms with Gasteiger partial charge in [-0.05, 0) is 52.6 Å². The highest BCUT2D eigenvalue weighted by atomic mass is 15.2. The van der Waals surface area contributed by atoms with E-state index in [1.807, 2.05) is 0 Å². The first-order chi connectivity index (χ1) is 8.68. The Morgan fingerprint density at radius 2 is 1.50 bits per heavy atom. The minimum atomic E-state index is 0.315. The quantitative estimate of drug-likeness (QED) is 0.836. The van der Waals surface area contributed by atoms with E-state index in [-0.39, 0.29) is 0 Å². The van der Waals surface area contributed by atoms with E-state index in [1.54, 1.807) is 0 Å². The molecule has 0 atom stereocenters. The topological polar surface area (TPSA) is 32.5 Å². The minimum absolute atomic E-state index is 0.315. The molecule has 18 heavy (non-hydrogen) atoms. The first kappa shape index (κ1) is 14.3. The van der Waals surface area contributed by atoms with Crippen LogP contribution in [-0.4, -0.2) is 54.1 Å². The highest BCUT2D eigenvalue weighted by Gasteiger charge is 2.38. The van der Waals surface area contributed by atoms with E-state index in [4.69, 9.17) is 5.73 Å². The third-order valence-corrected chi connectivity index (χ3v) is 5.12. The normalized spacial score (nSPS) is 27.3. The summed E-state index contributed by atoms with van der Waals surface area (Å²) >= 11 is 0. The zero-order chi connectivity index (χ0) is 13.0. The van der Waals surface area contributed by atoms with E-state index in [2.05, 4.69) is 23.6 Å². The molecule has 2 saturated heterocycles. The molecule has 3 heteroatoms. The Morgan fingerprint density at radius 1 is 0.944 bits per heavy atom. The summed E-state index contributed by atoms with van der Waals surface area (Å²) in [5, 5.41) is 0. The molecular formula is C15H31N3. The Morgan fingerprint density at radius 3 is 1.94 bits per heavy atom. The van der Waals surface area contributed by atoms with Gasteiger partial charge >= 0.3 is 0 Å². The zero-order valence-electron chi connectivity index (χ0n) is 12.3. The van der Waals surface area contributed by atoms with Crippen molar-refractivity contribution in [3.63, 3.8) is 0 Å². The lowest BCUT2D eigenvalue weighted by Gasteiger charge is -2.49. The molecule has 2 N–H and O–H groups in total. The summed E-state index contributed by atoms with van der Waals surface area (Å²) in [5.41, 5.74) is 6.50. The van der Waals surface area contributed by atoms with Gasteiger partial charge in [0.2, 0.25) is 0 Å². The van der Waals surface area contributed by atoms with Gasteiger partial charge in [-0.3, -0.25) is 4.90 Å². The van der Waals surface area contributed by atoms with E-state index in [9.17, 15) is 0 Å². The molecule has 0 amide bonds. The van der Waals surface area contributed by atoms with Gasteiger partial charge in [0.05, 0.1) is 0 Å². The summed E-state index contributed by atoms with van der Waals surface area (Å²) in [7, 11) is 0. The summed E-state index contributed by atoms with van der Waals surface area (Å²) in [6, 6.07) is 0.685. The van der Waals surface area contributed by atoms with Gasteiger partial charge in [-0.2, -0.15) is 0 Å². The van der Waals surface area contributed by atoms with Gasteiger partial charge in [0.1, 0.15) is 0 Å². The van der Waals surface area contributed by atoms with Crippen LogP contribution in [-0.2, 0) is 0 Å². The molecule has 0 unspecified atom stereocenters. The van der Waals surface area contributed by atoms with Gasteiger partial charge in [0, 0.05) is 31.2 Å². The fourth-order valence-corrected chi connectivity index (χ4v) is 3.65. The maximum Gasteiger partial charge on any atom is 0.0356 e. The molecule has 0 saturated carbocycles. The SMILES string of the molecule is CC(C)N1CCC(CN)(N2CCCCCC2)CC1. The number of hydrogen-bond acceptors (Lipinski definition) is 3. The molecular weight excluding hydrogens is 222 g/mol. The van der Waals surface area contributed by atoms with Gasteiger partial charge in [-0.15, -0.1) is 0 Å². The van der Waals surface area contributed by atoms with E-state index >= 15 is 0 Å². The van der Waals surface area contributed by atoms with Crippen LogP contribution in [0.4, 0.5) is 0 Å². The third-order valence-electron chi connectivity index (χ3n) is 5.12. The molecule has 0 aromatic heterocycles. The highest BCUT2D eigenvalue weighted by Crippen LogP contribution is 2.31. The Bertz CT molecular complexity index is 236. The molecule has 0 bridgehead atoms. The van der Waals surface area contributed by atoms with Crippen LogP contribution >= 0.6 is 0 Å². The number of rotatable bonds is 3. The van der Waals surface area contributed by atoms with Gasteiger partial charge in [-0.1, -0.05) is 12.8 Å². The Balaban J connectivity index is 1.98. The molecule has 2 fully saturated rings. The summed E-state index contributed by atoms with van der Waals surface area (Å²) in [4.78, 5) is 5.34. The smallest absolute Gasteiger partial charge is 0.0356 e. The first-order valence-corrected chi connectivity index (χ1v) is 7.87. The molecule has 2 aliphatic heterocycles. The van der Waals surface area contributed by atoms with Crippen molar-refractivity contribution in [3.8, 4) is 0 Å². The van der Waals surface area contributed by atoms with E-state index in [0.717, 1.165) is 6.54 Å². The summed E-state index contributed by atoms with van der Waals surface area (Å²) < 4.78 is 0. The molecule has 0 radical (unpaired) electrons. The average molecular weight is 253 g/mol. The average Bonchev–Trinajstić information content (AvgIpc) is 2.68. The van der Waals surface area contributed by atoms with Crippen LogP contribution in [0.1, 0.15) is 52.4 Å². The van der Waals surface area contributed by atoms with Crippen molar-refractivity contribution in [2.75, 3.05) is 32.7 Å². The summed E-state index contributed by atoms with van der Waals surface area (Å²) in [5.74, 6) is 0. The first-order valence-electron chi connectivity index (χ1n) is 7.87. The molecule has 2 heterocycles. The second kappa shape index (κ2) is 6.36. The van der Waals surface area contributed by atoms with Crippen molar-refractivity contribution >= 4 is 0 Å². The molecule has 0 aliphatic carbocycles. The summed E-state index contributed by atoms with van der Waals surface area (Å²) in [6.07, 6.45) is 8.10. The monoisotopic (exact) mass is 253 g/mol. The number of piperidine rings is 1. The van der Waals surface area contributed by atoms with Crippen LogP contribution in [0.2, 0.25) is 0 Å². The van der Waals surface area contributed by atoms with Crippen molar-refractivity contribution in [1.82, 2.24) is 9.80 Å². The third kappa shape index (κ3) is 3.06. The van der Waals surface area contributed by atoms with E-state index in [0.29, 0.717) is 11.6 Å². The fraction of sp³-hybridized carbons (Fsp3) is 1.00. The lowest BCUT2D eigenvalue weighted by atomic mass is 9.85. The predicted octanol–water partition coefficient (Wildman–Crippen LogP) is 2.06. The highest BCUT2D eigenvalue weighted by molar-refractivity contribution is 4.97. The van der Waals surface area contributed by atoms with Gasteiger partial charge in [-0.25, -0.2) is 0 Å². The van der Waals surface area contributed by atoms with Gasteiger partial charge < -0.3 is 10.6 Å². The maximum atomic E-state index is 6.18. The molecule has 0 aromatic carbocycles. The van der Waals surface area contributed by atoms with Crippen molar-refractivity contribution in [2.45, 2.75) is 64.0 Å². The van der Waals surface area contributed by atoms with Crippen LogP contribution < -0.4 is 5.73 Å². The summed E-state index contributed by atoms with van der Waals surface area (Å²) in [6.45, 7) is 10.5. The molecule has 106 valence electrons. The van der Waals surface area contributed by atoms with Gasteiger partial charge in [0.25, 0.3) is 0 Å². The fourth-order valence-electron chi connectivity index (χ4n) is 3.65. The predicted molar refractivity (Wildman–Crippen MR) is 77.8 cm³/mol. The van der Waals surface area contributed by atoms with Crippen LogP contribution in [0.5, 0.6) is 0 Å². The molecule has 0 spiro atoms. The molecule has 2 aliphatic rings. The van der Waals surface area contributed by atoms with Gasteiger partial charge in [0.15, 0.2) is 0 Å². The largest absolute Gasteiger partial charge is 0.329 e. The van der Waals surface area contributed by atoms with Crippen molar-refractivity contribution in [3.05, 3.63) is 0 Å². The number of nitrogens with zero attached hydrogens (tertiary/aromatic N) is 2. The van der Waals surface area contributed by atoms with Crippen molar-refractivity contribution < 1.29 is 0 Å². The zero-order valence-corrected chi connectivity index (χ0v) is 12.3. The van der Waals surface area contributed by atoms with Crippen molar-refractivity contribution in [1.29, 1.82) is 0 Å². The van der Waals surface area contributed by atoms with Crippen LogP contribution in [0.3, 0.4) is 0 Å². The maximum absolute atomic E-state index is 6.18. The number of nitrogens with two attached hydrogens (primary N) is 1. The Kier molecular flexibility index (Phi) is 5.05. The Labute approximate surface area is 113 Å². The van der Waals surface area contributed by atoms with Crippen molar-refractivity contribution in [2.24, 2.45) is 5.73 Å². The molecule has 3 nitrogen and oxygen atoms in total. The van der Waals surface area contributed by atoms with E-state index in [1.165, 1.54) is 64.7 Å². The van der Waals surface area contributed by atoms with E-state index < -0.39 is 0 Å². The Hall–Kier alpha value is -0.120.